The highest BCUT2D eigenvalue weighted by Gasteiger charge is 2.16. The predicted molar refractivity (Wildman–Crippen MR) is 106 cm³/mol. The SMILES string of the molecule is CCCCOC(C)Oc1ccnc(CS(=O)c2nc3ccccc3[nH]2)c1C. The fraction of sp³-hybridized carbons (Fsp3) is 0.400. The Hall–Kier alpha value is -2.25. The molecule has 0 aliphatic rings. The summed E-state index contributed by atoms with van der Waals surface area (Å²) in [6, 6.07) is 9.45. The van der Waals surface area contributed by atoms with E-state index in [0.29, 0.717) is 17.5 Å². The summed E-state index contributed by atoms with van der Waals surface area (Å²) in [5, 5.41) is 0.458. The van der Waals surface area contributed by atoms with Crippen molar-refractivity contribution in [3.8, 4) is 5.75 Å². The number of nitrogens with zero attached hydrogens (tertiary/aromatic N) is 2. The summed E-state index contributed by atoms with van der Waals surface area (Å²) in [5.41, 5.74) is 3.28. The first-order valence-corrected chi connectivity index (χ1v) is 10.5. The third-order valence-corrected chi connectivity index (χ3v) is 5.41. The van der Waals surface area contributed by atoms with Crippen LogP contribution in [0, 0.1) is 6.92 Å². The molecule has 0 bridgehead atoms. The van der Waals surface area contributed by atoms with Crippen LogP contribution in [-0.4, -0.2) is 32.1 Å². The Labute approximate surface area is 161 Å². The molecule has 1 N–H and O–H groups in total. The number of aromatic amines is 1. The molecule has 0 spiro atoms. The number of pyridine rings is 1. The van der Waals surface area contributed by atoms with Crippen LogP contribution in [0.3, 0.4) is 0 Å². The van der Waals surface area contributed by atoms with Gasteiger partial charge >= 0.3 is 0 Å². The van der Waals surface area contributed by atoms with Gasteiger partial charge in [0, 0.05) is 11.8 Å². The van der Waals surface area contributed by atoms with Crippen molar-refractivity contribution in [2.75, 3.05) is 6.61 Å². The van der Waals surface area contributed by atoms with Crippen LogP contribution in [0.15, 0.2) is 41.7 Å². The molecule has 0 saturated heterocycles. The van der Waals surface area contributed by atoms with Gasteiger partial charge in [-0.15, -0.1) is 0 Å². The Morgan fingerprint density at radius 1 is 1.26 bits per heavy atom. The number of aromatic nitrogens is 3. The van der Waals surface area contributed by atoms with Gasteiger partial charge in [0.25, 0.3) is 0 Å². The van der Waals surface area contributed by atoms with Gasteiger partial charge in [-0.2, -0.15) is 0 Å². The molecule has 2 atom stereocenters. The molecule has 0 radical (unpaired) electrons. The van der Waals surface area contributed by atoms with Crippen molar-refractivity contribution >= 4 is 21.8 Å². The van der Waals surface area contributed by atoms with Crippen molar-refractivity contribution in [1.29, 1.82) is 0 Å². The van der Waals surface area contributed by atoms with Gasteiger partial charge in [-0.05, 0) is 38.5 Å². The zero-order valence-corrected chi connectivity index (χ0v) is 16.7. The van der Waals surface area contributed by atoms with Gasteiger partial charge in [-0.3, -0.25) is 9.19 Å². The lowest BCUT2D eigenvalue weighted by Crippen LogP contribution is -2.18. The Morgan fingerprint density at radius 2 is 2.07 bits per heavy atom. The first kappa shape index (κ1) is 19.5. The molecule has 27 heavy (non-hydrogen) atoms. The molecule has 2 unspecified atom stereocenters. The van der Waals surface area contributed by atoms with Crippen molar-refractivity contribution in [3.05, 3.63) is 47.8 Å². The van der Waals surface area contributed by atoms with Crippen molar-refractivity contribution < 1.29 is 13.7 Å². The number of H-pyrrole nitrogens is 1. The lowest BCUT2D eigenvalue weighted by atomic mass is 10.2. The summed E-state index contributed by atoms with van der Waals surface area (Å²) >= 11 is 0. The second-order valence-corrected chi connectivity index (χ2v) is 7.71. The van der Waals surface area contributed by atoms with E-state index in [0.717, 1.165) is 35.1 Å². The molecule has 1 aromatic carbocycles. The van der Waals surface area contributed by atoms with E-state index in [9.17, 15) is 4.21 Å². The standard InChI is InChI=1S/C20H25N3O3S/c1-4-5-12-25-15(3)26-19-10-11-21-18(14(19)2)13-27(24)20-22-16-8-6-7-9-17(16)23-20/h6-11,15H,4-5,12-13H2,1-3H3,(H,22,23). The molecule has 2 heterocycles. The van der Waals surface area contributed by atoms with Crippen molar-refractivity contribution in [2.24, 2.45) is 0 Å². The van der Waals surface area contributed by atoms with E-state index >= 15 is 0 Å². The van der Waals surface area contributed by atoms with Crippen LogP contribution in [0.1, 0.15) is 37.9 Å². The average Bonchev–Trinajstić information content (AvgIpc) is 3.09. The molecule has 3 aromatic rings. The number of ether oxygens (including phenoxy) is 2. The predicted octanol–water partition coefficient (Wildman–Crippen LogP) is 4.12. The Balaban J connectivity index is 1.70. The van der Waals surface area contributed by atoms with Crippen molar-refractivity contribution in [3.63, 3.8) is 0 Å². The van der Waals surface area contributed by atoms with Crippen molar-refractivity contribution in [2.45, 2.75) is 50.8 Å². The first-order valence-electron chi connectivity index (χ1n) is 9.14. The fourth-order valence-electron chi connectivity index (χ4n) is 2.67. The van der Waals surface area contributed by atoms with Crippen LogP contribution in [0.4, 0.5) is 0 Å². The molecule has 2 aromatic heterocycles. The minimum Gasteiger partial charge on any atom is -0.465 e. The summed E-state index contributed by atoms with van der Waals surface area (Å²) in [7, 11) is -1.32. The molecule has 6 nitrogen and oxygen atoms in total. The third-order valence-electron chi connectivity index (χ3n) is 4.25. The summed E-state index contributed by atoms with van der Waals surface area (Å²) < 4.78 is 24.3. The molecule has 7 heteroatoms. The van der Waals surface area contributed by atoms with Gasteiger partial charge in [0.15, 0.2) is 11.4 Å². The number of hydrogen-bond donors (Lipinski definition) is 1. The van der Waals surface area contributed by atoms with E-state index in [1.165, 1.54) is 0 Å². The molecule has 0 amide bonds. The van der Waals surface area contributed by atoms with E-state index in [-0.39, 0.29) is 12.0 Å². The first-order chi connectivity index (χ1) is 13.1. The minimum atomic E-state index is -1.32. The maximum absolute atomic E-state index is 12.8. The topological polar surface area (TPSA) is 77.1 Å². The van der Waals surface area contributed by atoms with E-state index in [1.807, 2.05) is 44.2 Å². The molecular formula is C20H25N3O3S. The van der Waals surface area contributed by atoms with E-state index in [4.69, 9.17) is 9.47 Å². The number of para-hydroxylation sites is 2. The lowest BCUT2D eigenvalue weighted by molar-refractivity contribution is -0.0677. The Morgan fingerprint density at radius 3 is 2.85 bits per heavy atom. The van der Waals surface area contributed by atoms with E-state index < -0.39 is 10.8 Å². The molecular weight excluding hydrogens is 362 g/mol. The van der Waals surface area contributed by atoms with Gasteiger partial charge in [0.05, 0.1) is 39.9 Å². The molecule has 0 saturated carbocycles. The summed E-state index contributed by atoms with van der Waals surface area (Å²) in [6.45, 7) is 6.59. The van der Waals surface area contributed by atoms with E-state index in [2.05, 4.69) is 21.9 Å². The zero-order valence-electron chi connectivity index (χ0n) is 15.9. The van der Waals surface area contributed by atoms with Crippen LogP contribution >= 0.6 is 0 Å². The number of nitrogens with one attached hydrogen (secondary N) is 1. The number of hydrogen-bond acceptors (Lipinski definition) is 5. The van der Waals surface area contributed by atoms with Crippen LogP contribution in [0.25, 0.3) is 11.0 Å². The normalized spacial score (nSPS) is 13.6. The molecule has 144 valence electrons. The highest BCUT2D eigenvalue weighted by Crippen LogP contribution is 2.23. The lowest BCUT2D eigenvalue weighted by Gasteiger charge is -2.17. The number of imidazole rings is 1. The number of fused-ring (bicyclic) bond motifs is 1. The maximum Gasteiger partial charge on any atom is 0.197 e. The van der Waals surface area contributed by atoms with Gasteiger partial charge in [-0.25, -0.2) is 4.98 Å². The Bertz CT molecular complexity index is 893. The van der Waals surface area contributed by atoms with Crippen LogP contribution in [0.5, 0.6) is 5.75 Å². The summed E-state index contributed by atoms with van der Waals surface area (Å²) in [4.78, 5) is 11.9. The van der Waals surface area contributed by atoms with E-state index in [1.54, 1.807) is 6.20 Å². The summed E-state index contributed by atoms with van der Waals surface area (Å²) in [6.07, 6.45) is 3.42. The molecule has 0 aliphatic heterocycles. The van der Waals surface area contributed by atoms with Gasteiger partial charge in [-0.1, -0.05) is 25.5 Å². The average molecular weight is 388 g/mol. The quantitative estimate of drug-likeness (QED) is 0.441. The van der Waals surface area contributed by atoms with Crippen LogP contribution < -0.4 is 4.74 Å². The maximum atomic E-state index is 12.8. The zero-order chi connectivity index (χ0) is 19.2. The highest BCUT2D eigenvalue weighted by molar-refractivity contribution is 7.84. The monoisotopic (exact) mass is 387 g/mol. The highest BCUT2D eigenvalue weighted by atomic mass is 32.2. The summed E-state index contributed by atoms with van der Waals surface area (Å²) in [5.74, 6) is 0.971. The number of rotatable bonds is 9. The third kappa shape index (κ3) is 4.93. The Kier molecular flexibility index (Phi) is 6.58. The van der Waals surface area contributed by atoms with Crippen LogP contribution in [-0.2, 0) is 21.3 Å². The number of benzene rings is 1. The van der Waals surface area contributed by atoms with Gasteiger partial charge in [0.2, 0.25) is 0 Å². The van der Waals surface area contributed by atoms with Gasteiger partial charge in [0.1, 0.15) is 5.75 Å². The smallest absolute Gasteiger partial charge is 0.197 e. The molecule has 3 rings (SSSR count). The number of unbranched alkanes of at least 4 members (excludes halogenated alkanes) is 1. The molecule has 0 aliphatic carbocycles. The van der Waals surface area contributed by atoms with Gasteiger partial charge < -0.3 is 14.5 Å². The fourth-order valence-corrected chi connectivity index (χ4v) is 3.77. The van der Waals surface area contributed by atoms with Crippen molar-refractivity contribution in [1.82, 2.24) is 15.0 Å². The second-order valence-electron chi connectivity index (χ2n) is 6.34. The van der Waals surface area contributed by atoms with Crippen LogP contribution in [0.2, 0.25) is 0 Å². The largest absolute Gasteiger partial charge is 0.465 e. The minimum absolute atomic E-state index is 0.272. The molecule has 0 fully saturated rings. The second kappa shape index (κ2) is 9.10.